The highest BCUT2D eigenvalue weighted by atomic mass is 32.1. The van der Waals surface area contributed by atoms with Crippen molar-refractivity contribution in [1.29, 1.82) is 0 Å². The van der Waals surface area contributed by atoms with E-state index in [0.717, 1.165) is 17.0 Å². The summed E-state index contributed by atoms with van der Waals surface area (Å²) < 4.78 is 15.8. The number of thiazole rings is 1. The molecule has 7 heteroatoms. The number of hydrogen-bond donors (Lipinski definition) is 0. The summed E-state index contributed by atoms with van der Waals surface area (Å²) in [5.41, 5.74) is 3.49. The lowest BCUT2D eigenvalue weighted by molar-refractivity contribution is -0.127. The molecule has 0 aliphatic carbocycles. The molecular formula is C17H18N2O4S. The van der Waals surface area contributed by atoms with Crippen LogP contribution in [0.5, 0.6) is 11.5 Å². The number of fused-ring (bicyclic) bond motifs is 1. The zero-order chi connectivity index (χ0) is 16.8. The van der Waals surface area contributed by atoms with Crippen LogP contribution in [0.15, 0.2) is 35.2 Å². The third kappa shape index (κ3) is 4.12. The molecule has 2 heterocycles. The highest BCUT2D eigenvalue weighted by Gasteiger charge is 2.16. The van der Waals surface area contributed by atoms with E-state index in [2.05, 4.69) is 4.98 Å². The zero-order valence-electron chi connectivity index (χ0n) is 13.3. The first kappa shape index (κ1) is 16.5. The Morgan fingerprint density at radius 1 is 1.42 bits per heavy atom. The van der Waals surface area contributed by atoms with Gasteiger partial charge in [-0.25, -0.2) is 4.98 Å². The number of carbonyl (C=O) groups excluding carboxylic acids is 1. The number of ether oxygens (including phenoxy) is 3. The van der Waals surface area contributed by atoms with E-state index in [9.17, 15) is 4.79 Å². The molecule has 126 valence electrons. The van der Waals surface area contributed by atoms with Gasteiger partial charge in [0.05, 0.1) is 17.8 Å². The van der Waals surface area contributed by atoms with Crippen molar-refractivity contribution >= 4 is 23.3 Å². The summed E-state index contributed by atoms with van der Waals surface area (Å²) in [6, 6.07) is 5.70. The third-order valence-electron chi connectivity index (χ3n) is 3.54. The van der Waals surface area contributed by atoms with Crippen LogP contribution in [0.4, 0.5) is 0 Å². The Morgan fingerprint density at radius 2 is 2.29 bits per heavy atom. The van der Waals surface area contributed by atoms with Gasteiger partial charge in [-0.1, -0.05) is 6.07 Å². The van der Waals surface area contributed by atoms with Gasteiger partial charge in [-0.3, -0.25) is 4.79 Å². The molecule has 0 radical (unpaired) electrons. The minimum Gasteiger partial charge on any atom is -0.454 e. The molecule has 0 N–H and O–H groups in total. The molecule has 0 spiro atoms. The molecule has 1 aromatic carbocycles. The van der Waals surface area contributed by atoms with Crippen molar-refractivity contribution in [1.82, 2.24) is 9.88 Å². The summed E-state index contributed by atoms with van der Waals surface area (Å²) in [7, 11) is 1.62. The molecule has 1 aliphatic rings. The molecule has 1 aromatic heterocycles. The maximum Gasteiger partial charge on any atom is 0.247 e. The maximum atomic E-state index is 12.5. The van der Waals surface area contributed by atoms with Crippen molar-refractivity contribution in [3.05, 3.63) is 46.4 Å². The Bertz CT molecular complexity index is 715. The second kappa shape index (κ2) is 7.94. The number of carbonyl (C=O) groups is 1. The lowest BCUT2D eigenvalue weighted by atomic mass is 10.2. The fourth-order valence-electron chi connectivity index (χ4n) is 2.29. The molecule has 0 saturated heterocycles. The minimum atomic E-state index is -0.0854. The predicted octanol–water partition coefficient (Wildman–Crippen LogP) is 2.56. The number of rotatable bonds is 7. The SMILES string of the molecule is COCCN(Cc1ccc2c(c1)OCO2)C(=O)C=Cc1cscn1. The second-order valence-corrected chi connectivity index (χ2v) is 5.91. The molecule has 0 fully saturated rings. The molecule has 2 aromatic rings. The standard InChI is InChI=1S/C17H18N2O4S/c1-21-7-6-19(17(20)5-3-14-10-24-11-18-14)9-13-2-4-15-16(8-13)23-12-22-15/h2-5,8,10-11H,6-7,9,12H2,1H3. The Balaban J connectivity index is 1.69. The fourth-order valence-corrected chi connectivity index (χ4v) is 2.82. The predicted molar refractivity (Wildman–Crippen MR) is 91.0 cm³/mol. The Labute approximate surface area is 144 Å². The van der Waals surface area contributed by atoms with E-state index in [1.807, 2.05) is 23.6 Å². The highest BCUT2D eigenvalue weighted by Crippen LogP contribution is 2.32. The first-order valence-electron chi connectivity index (χ1n) is 7.49. The number of hydrogen-bond acceptors (Lipinski definition) is 6. The van der Waals surface area contributed by atoms with Crippen LogP contribution in [0.3, 0.4) is 0 Å². The summed E-state index contributed by atoms with van der Waals surface area (Å²) in [6.07, 6.45) is 3.26. The van der Waals surface area contributed by atoms with Crippen molar-refractivity contribution in [3.8, 4) is 11.5 Å². The van der Waals surface area contributed by atoms with E-state index in [0.29, 0.717) is 25.4 Å². The highest BCUT2D eigenvalue weighted by molar-refractivity contribution is 7.07. The van der Waals surface area contributed by atoms with E-state index < -0.39 is 0 Å². The summed E-state index contributed by atoms with van der Waals surface area (Å²) in [6.45, 7) is 1.69. The molecule has 1 aliphatic heterocycles. The fraction of sp³-hybridized carbons (Fsp3) is 0.294. The van der Waals surface area contributed by atoms with Crippen LogP contribution in [0.25, 0.3) is 6.08 Å². The van der Waals surface area contributed by atoms with E-state index in [1.54, 1.807) is 23.6 Å². The van der Waals surface area contributed by atoms with E-state index in [-0.39, 0.29) is 12.7 Å². The van der Waals surface area contributed by atoms with Crippen LogP contribution in [0.2, 0.25) is 0 Å². The van der Waals surface area contributed by atoms with Gasteiger partial charge in [0.1, 0.15) is 0 Å². The number of nitrogens with zero attached hydrogens (tertiary/aromatic N) is 2. The van der Waals surface area contributed by atoms with E-state index in [4.69, 9.17) is 14.2 Å². The van der Waals surface area contributed by atoms with Gasteiger partial charge >= 0.3 is 0 Å². The van der Waals surface area contributed by atoms with E-state index in [1.165, 1.54) is 17.4 Å². The molecule has 0 bridgehead atoms. The Morgan fingerprint density at radius 3 is 3.08 bits per heavy atom. The average molecular weight is 346 g/mol. The maximum absolute atomic E-state index is 12.5. The molecule has 3 rings (SSSR count). The van der Waals surface area contributed by atoms with Crippen molar-refractivity contribution in [3.63, 3.8) is 0 Å². The van der Waals surface area contributed by atoms with Gasteiger partial charge in [-0.05, 0) is 23.8 Å². The summed E-state index contributed by atoms with van der Waals surface area (Å²) in [5, 5.41) is 1.89. The summed E-state index contributed by atoms with van der Waals surface area (Å²) in [4.78, 5) is 18.4. The second-order valence-electron chi connectivity index (χ2n) is 5.19. The largest absolute Gasteiger partial charge is 0.454 e. The Kier molecular flexibility index (Phi) is 5.45. The molecule has 6 nitrogen and oxygen atoms in total. The van der Waals surface area contributed by atoms with Crippen LogP contribution in [0, 0.1) is 0 Å². The van der Waals surface area contributed by atoms with Gasteiger partial charge in [0.2, 0.25) is 12.7 Å². The average Bonchev–Trinajstić information content (AvgIpc) is 3.27. The van der Waals surface area contributed by atoms with Gasteiger partial charge in [-0.2, -0.15) is 0 Å². The van der Waals surface area contributed by atoms with Crippen LogP contribution in [-0.4, -0.2) is 42.8 Å². The van der Waals surface area contributed by atoms with Crippen molar-refractivity contribution in [2.24, 2.45) is 0 Å². The van der Waals surface area contributed by atoms with Gasteiger partial charge in [-0.15, -0.1) is 11.3 Å². The van der Waals surface area contributed by atoms with Gasteiger partial charge in [0, 0.05) is 31.7 Å². The Hall–Kier alpha value is -2.38. The minimum absolute atomic E-state index is 0.0854. The summed E-state index contributed by atoms with van der Waals surface area (Å²) in [5.74, 6) is 1.36. The van der Waals surface area contributed by atoms with Crippen LogP contribution >= 0.6 is 11.3 Å². The first-order valence-corrected chi connectivity index (χ1v) is 8.43. The monoisotopic (exact) mass is 346 g/mol. The number of amides is 1. The van der Waals surface area contributed by atoms with Crippen LogP contribution in [0.1, 0.15) is 11.3 Å². The molecule has 0 atom stereocenters. The summed E-state index contributed by atoms with van der Waals surface area (Å²) >= 11 is 1.49. The van der Waals surface area contributed by atoms with Crippen LogP contribution in [-0.2, 0) is 16.1 Å². The van der Waals surface area contributed by atoms with Crippen molar-refractivity contribution in [2.45, 2.75) is 6.54 Å². The van der Waals surface area contributed by atoms with Gasteiger partial charge in [0.25, 0.3) is 0 Å². The van der Waals surface area contributed by atoms with Gasteiger partial charge < -0.3 is 19.1 Å². The zero-order valence-corrected chi connectivity index (χ0v) is 14.1. The molecule has 1 amide bonds. The molecule has 0 saturated carbocycles. The normalized spacial score (nSPS) is 12.7. The van der Waals surface area contributed by atoms with Gasteiger partial charge in [0.15, 0.2) is 11.5 Å². The number of benzene rings is 1. The molecule has 0 unspecified atom stereocenters. The van der Waals surface area contributed by atoms with Crippen LogP contribution < -0.4 is 9.47 Å². The van der Waals surface area contributed by atoms with Crippen molar-refractivity contribution < 1.29 is 19.0 Å². The smallest absolute Gasteiger partial charge is 0.247 e. The quantitative estimate of drug-likeness (QED) is 0.721. The first-order chi connectivity index (χ1) is 11.8. The topological polar surface area (TPSA) is 60.9 Å². The molecular weight excluding hydrogens is 328 g/mol. The van der Waals surface area contributed by atoms with Crippen molar-refractivity contribution in [2.75, 3.05) is 27.1 Å². The lowest BCUT2D eigenvalue weighted by Crippen LogP contribution is -2.32. The number of aromatic nitrogens is 1. The lowest BCUT2D eigenvalue weighted by Gasteiger charge is -2.21. The molecule has 24 heavy (non-hydrogen) atoms. The third-order valence-corrected chi connectivity index (χ3v) is 4.14. The number of methoxy groups -OCH3 is 1. The van der Waals surface area contributed by atoms with E-state index >= 15 is 0 Å².